The Morgan fingerprint density at radius 1 is 1.28 bits per heavy atom. The third-order valence-electron chi connectivity index (χ3n) is 4.98. The van der Waals surface area contributed by atoms with E-state index in [1.807, 2.05) is 17.0 Å². The number of ether oxygens (including phenoxy) is 1. The number of aromatic nitrogens is 2. The first kappa shape index (κ1) is 16.5. The van der Waals surface area contributed by atoms with E-state index < -0.39 is 0 Å². The van der Waals surface area contributed by atoms with E-state index in [1.165, 1.54) is 6.33 Å². The van der Waals surface area contributed by atoms with Gasteiger partial charge in [-0.15, -0.1) is 11.3 Å². The summed E-state index contributed by atoms with van der Waals surface area (Å²) in [6.07, 6.45) is 5.43. The molecule has 2 aliphatic rings. The van der Waals surface area contributed by atoms with E-state index in [4.69, 9.17) is 4.74 Å². The van der Waals surface area contributed by atoms with Crippen LogP contribution in [0.2, 0.25) is 0 Å². The second-order valence-electron chi connectivity index (χ2n) is 6.61. The first-order valence-electron chi connectivity index (χ1n) is 8.76. The summed E-state index contributed by atoms with van der Waals surface area (Å²) in [4.78, 5) is 34.9. The van der Waals surface area contributed by atoms with Crippen LogP contribution in [0.25, 0.3) is 0 Å². The number of carbonyl (C=O) groups excluding carboxylic acids is 1. The van der Waals surface area contributed by atoms with Gasteiger partial charge in [0, 0.05) is 36.6 Å². The summed E-state index contributed by atoms with van der Waals surface area (Å²) in [5.74, 6) is 0.351. The fraction of sp³-hybridized carbons (Fsp3) is 0.500. The minimum absolute atomic E-state index is 0.103. The summed E-state index contributed by atoms with van der Waals surface area (Å²) in [7, 11) is 0. The highest BCUT2D eigenvalue weighted by molar-refractivity contribution is 7.14. The van der Waals surface area contributed by atoms with E-state index in [0.717, 1.165) is 47.7 Å². The Balaban J connectivity index is 1.38. The zero-order chi connectivity index (χ0) is 17.2. The molecule has 0 saturated carbocycles. The van der Waals surface area contributed by atoms with Gasteiger partial charge >= 0.3 is 0 Å². The van der Waals surface area contributed by atoms with Crippen molar-refractivity contribution < 1.29 is 9.53 Å². The lowest BCUT2D eigenvalue weighted by atomic mass is 9.93. The summed E-state index contributed by atoms with van der Waals surface area (Å²) >= 11 is 1.56. The van der Waals surface area contributed by atoms with Gasteiger partial charge in [-0.25, -0.2) is 4.98 Å². The standard InChI is InChI=1S/C18H21N3O3S/c22-17-10-13(19-11-20-17)12-5-7-21(8-6-12)18(23)16-4-3-15(25-16)14-2-1-9-24-14/h3-4,10-12,14H,1-2,5-9H2,(H,19,20,22). The third-order valence-corrected chi connectivity index (χ3v) is 6.15. The van der Waals surface area contributed by atoms with Gasteiger partial charge in [0.25, 0.3) is 11.5 Å². The Labute approximate surface area is 149 Å². The van der Waals surface area contributed by atoms with E-state index in [9.17, 15) is 9.59 Å². The Hall–Kier alpha value is -1.99. The van der Waals surface area contributed by atoms with Gasteiger partial charge in [-0.3, -0.25) is 9.59 Å². The van der Waals surface area contributed by atoms with Gasteiger partial charge < -0.3 is 14.6 Å². The fourth-order valence-corrected chi connectivity index (χ4v) is 4.64. The number of amides is 1. The monoisotopic (exact) mass is 359 g/mol. The summed E-state index contributed by atoms with van der Waals surface area (Å²) in [6, 6.07) is 5.52. The molecule has 2 aromatic rings. The van der Waals surface area contributed by atoms with Gasteiger partial charge in [-0.05, 0) is 37.8 Å². The van der Waals surface area contributed by atoms with E-state index >= 15 is 0 Å². The highest BCUT2D eigenvalue weighted by Crippen LogP contribution is 2.34. The average molecular weight is 359 g/mol. The molecule has 4 heterocycles. The van der Waals surface area contributed by atoms with Crippen molar-refractivity contribution in [3.8, 4) is 0 Å². The molecular formula is C18H21N3O3S. The number of rotatable bonds is 3. The number of piperidine rings is 1. The predicted octanol–water partition coefficient (Wildman–Crippen LogP) is 2.70. The Morgan fingerprint density at radius 2 is 2.12 bits per heavy atom. The molecule has 1 amide bonds. The first-order valence-corrected chi connectivity index (χ1v) is 9.57. The summed E-state index contributed by atoms with van der Waals surface area (Å²) in [5.41, 5.74) is 0.705. The first-order chi connectivity index (χ1) is 12.2. The molecule has 2 fully saturated rings. The van der Waals surface area contributed by atoms with Crippen LogP contribution in [-0.4, -0.2) is 40.5 Å². The Kier molecular flexibility index (Phi) is 4.67. The van der Waals surface area contributed by atoms with Crippen LogP contribution in [-0.2, 0) is 4.74 Å². The number of H-pyrrole nitrogens is 1. The van der Waals surface area contributed by atoms with Crippen LogP contribution >= 0.6 is 11.3 Å². The number of hydrogen-bond acceptors (Lipinski definition) is 5. The molecule has 25 heavy (non-hydrogen) atoms. The molecule has 1 unspecified atom stereocenters. The van der Waals surface area contributed by atoms with Crippen molar-refractivity contribution in [1.82, 2.24) is 14.9 Å². The maximum Gasteiger partial charge on any atom is 0.263 e. The van der Waals surface area contributed by atoms with Crippen LogP contribution in [0.4, 0.5) is 0 Å². The number of likely N-dealkylation sites (tertiary alicyclic amines) is 1. The largest absolute Gasteiger partial charge is 0.373 e. The van der Waals surface area contributed by atoms with Crippen molar-refractivity contribution in [3.63, 3.8) is 0 Å². The van der Waals surface area contributed by atoms with Crippen LogP contribution in [0, 0.1) is 0 Å². The van der Waals surface area contributed by atoms with Gasteiger partial charge in [0.1, 0.15) is 0 Å². The van der Waals surface area contributed by atoms with Crippen molar-refractivity contribution in [3.05, 3.63) is 50.3 Å². The van der Waals surface area contributed by atoms with Crippen LogP contribution < -0.4 is 5.56 Å². The Bertz CT molecular complexity index is 802. The van der Waals surface area contributed by atoms with Gasteiger partial charge in [0.2, 0.25) is 0 Å². The number of nitrogens with one attached hydrogen (secondary N) is 1. The van der Waals surface area contributed by atoms with Crippen molar-refractivity contribution >= 4 is 17.2 Å². The molecule has 0 radical (unpaired) electrons. The van der Waals surface area contributed by atoms with E-state index in [-0.39, 0.29) is 23.5 Å². The smallest absolute Gasteiger partial charge is 0.263 e. The number of thiophene rings is 1. The molecule has 6 nitrogen and oxygen atoms in total. The zero-order valence-corrected chi connectivity index (χ0v) is 14.8. The lowest BCUT2D eigenvalue weighted by molar-refractivity contribution is 0.0717. The van der Waals surface area contributed by atoms with Crippen LogP contribution in [0.1, 0.15) is 57.9 Å². The predicted molar refractivity (Wildman–Crippen MR) is 95.0 cm³/mol. The molecule has 4 rings (SSSR count). The molecule has 7 heteroatoms. The highest BCUT2D eigenvalue weighted by atomic mass is 32.1. The molecule has 0 spiro atoms. The van der Waals surface area contributed by atoms with Gasteiger partial charge in [0.05, 0.1) is 23.0 Å². The second kappa shape index (κ2) is 7.09. The molecular weight excluding hydrogens is 338 g/mol. The number of carbonyl (C=O) groups is 1. The molecule has 2 saturated heterocycles. The topological polar surface area (TPSA) is 75.3 Å². The molecule has 132 valence electrons. The zero-order valence-electron chi connectivity index (χ0n) is 13.9. The summed E-state index contributed by atoms with van der Waals surface area (Å²) in [5, 5.41) is 0. The van der Waals surface area contributed by atoms with Crippen LogP contribution in [0.15, 0.2) is 29.3 Å². The third kappa shape index (κ3) is 3.52. The SMILES string of the molecule is O=C(c1ccc(C2CCCO2)s1)N1CCC(c2cc(=O)[nH]cn2)CC1. The molecule has 1 atom stereocenters. The highest BCUT2D eigenvalue weighted by Gasteiger charge is 2.27. The molecule has 2 aromatic heterocycles. The minimum atomic E-state index is -0.122. The quantitative estimate of drug-likeness (QED) is 0.914. The summed E-state index contributed by atoms with van der Waals surface area (Å²) < 4.78 is 5.70. The average Bonchev–Trinajstić information content (AvgIpc) is 3.32. The van der Waals surface area contributed by atoms with E-state index in [0.29, 0.717) is 13.1 Å². The number of hydrogen-bond donors (Lipinski definition) is 1. The van der Waals surface area contributed by atoms with Crippen LogP contribution in [0.5, 0.6) is 0 Å². The van der Waals surface area contributed by atoms with Crippen molar-refractivity contribution in [2.24, 2.45) is 0 Å². The maximum absolute atomic E-state index is 12.8. The minimum Gasteiger partial charge on any atom is -0.373 e. The van der Waals surface area contributed by atoms with Crippen molar-refractivity contribution in [2.75, 3.05) is 19.7 Å². The lowest BCUT2D eigenvalue weighted by Crippen LogP contribution is -2.37. The molecule has 0 bridgehead atoms. The van der Waals surface area contributed by atoms with Gasteiger partial charge in [-0.1, -0.05) is 0 Å². The normalized spacial score (nSPS) is 21.6. The van der Waals surface area contributed by atoms with E-state index in [1.54, 1.807) is 17.4 Å². The molecule has 2 aliphatic heterocycles. The van der Waals surface area contributed by atoms with Crippen molar-refractivity contribution in [2.45, 2.75) is 37.7 Å². The second-order valence-corrected chi connectivity index (χ2v) is 7.72. The molecule has 0 aliphatic carbocycles. The van der Waals surface area contributed by atoms with Crippen LogP contribution in [0.3, 0.4) is 0 Å². The van der Waals surface area contributed by atoms with Crippen molar-refractivity contribution in [1.29, 1.82) is 0 Å². The van der Waals surface area contributed by atoms with Gasteiger partial charge in [-0.2, -0.15) is 0 Å². The summed E-state index contributed by atoms with van der Waals surface area (Å²) in [6.45, 7) is 2.21. The van der Waals surface area contributed by atoms with E-state index in [2.05, 4.69) is 9.97 Å². The number of nitrogens with zero attached hydrogens (tertiary/aromatic N) is 2. The molecule has 1 N–H and O–H groups in total. The Morgan fingerprint density at radius 3 is 2.84 bits per heavy atom. The number of aromatic amines is 1. The van der Waals surface area contributed by atoms with Gasteiger partial charge in [0.15, 0.2) is 0 Å². The maximum atomic E-state index is 12.8. The lowest BCUT2D eigenvalue weighted by Gasteiger charge is -2.31. The fourth-order valence-electron chi connectivity index (χ4n) is 3.58. The molecule has 0 aromatic carbocycles.